The van der Waals surface area contributed by atoms with E-state index in [1.54, 1.807) is 18.4 Å². The van der Waals surface area contributed by atoms with Crippen LogP contribution in [-0.2, 0) is 4.79 Å². The molecule has 1 saturated heterocycles. The molecule has 1 fully saturated rings. The predicted octanol–water partition coefficient (Wildman–Crippen LogP) is 2.95. The fourth-order valence-corrected chi connectivity index (χ4v) is 4.47. The number of nitrogens with two attached hydrogens (primary N) is 1. The number of anilines is 1. The molecule has 1 atom stereocenters. The molecule has 0 radical (unpaired) electrons. The van der Waals surface area contributed by atoms with Gasteiger partial charge in [0, 0.05) is 41.6 Å². The quantitative estimate of drug-likeness (QED) is 0.464. The van der Waals surface area contributed by atoms with Gasteiger partial charge in [0.25, 0.3) is 5.91 Å². The third-order valence-corrected chi connectivity index (χ3v) is 6.39. The highest BCUT2D eigenvalue weighted by atomic mass is 32.1. The number of aromatic nitrogens is 3. The molecule has 0 aliphatic carbocycles. The fraction of sp³-hybridized carbons (Fsp3) is 0.167. The van der Waals surface area contributed by atoms with Gasteiger partial charge in [0.2, 0.25) is 5.60 Å². The molecule has 3 N–H and O–H groups in total. The van der Waals surface area contributed by atoms with Gasteiger partial charge in [0.05, 0.1) is 5.69 Å². The van der Waals surface area contributed by atoms with Crippen molar-refractivity contribution in [3.8, 4) is 33.5 Å². The van der Waals surface area contributed by atoms with Crippen molar-refractivity contribution in [3.63, 3.8) is 0 Å². The summed E-state index contributed by atoms with van der Waals surface area (Å²) >= 11 is 1.61. The summed E-state index contributed by atoms with van der Waals surface area (Å²) < 4.78 is 0. The first kappa shape index (κ1) is 20.1. The van der Waals surface area contributed by atoms with E-state index in [9.17, 15) is 9.90 Å². The van der Waals surface area contributed by atoms with Crippen LogP contribution in [0.15, 0.2) is 54.2 Å². The molecule has 3 aromatic heterocycles. The van der Waals surface area contributed by atoms with Gasteiger partial charge in [-0.2, -0.15) is 0 Å². The Morgan fingerprint density at radius 2 is 2.06 bits per heavy atom. The van der Waals surface area contributed by atoms with Crippen LogP contribution >= 0.6 is 11.3 Å². The van der Waals surface area contributed by atoms with Crippen molar-refractivity contribution < 1.29 is 9.90 Å². The van der Waals surface area contributed by atoms with Crippen LogP contribution in [0.3, 0.4) is 0 Å². The molecule has 4 heterocycles. The molecule has 4 aromatic rings. The number of hydrogen-bond acceptors (Lipinski definition) is 7. The third kappa shape index (κ3) is 3.47. The summed E-state index contributed by atoms with van der Waals surface area (Å²) in [6.07, 6.45) is 1.74. The zero-order valence-corrected chi connectivity index (χ0v) is 18.1. The monoisotopic (exact) mass is 441 g/mol. The van der Waals surface area contributed by atoms with E-state index in [2.05, 4.69) is 21.8 Å². The van der Waals surface area contributed by atoms with Crippen LogP contribution in [0.1, 0.15) is 12.0 Å². The van der Waals surface area contributed by atoms with E-state index in [0.29, 0.717) is 41.1 Å². The topological polar surface area (TPSA) is 105 Å². The summed E-state index contributed by atoms with van der Waals surface area (Å²) in [7, 11) is 1.66. The molecular weight excluding hydrogens is 422 g/mol. The first-order valence-corrected chi connectivity index (χ1v) is 10.9. The number of likely N-dealkylation sites (tertiary alicyclic amines) is 1. The van der Waals surface area contributed by atoms with E-state index >= 15 is 0 Å². The van der Waals surface area contributed by atoms with Gasteiger partial charge in [0.1, 0.15) is 17.4 Å². The SMILES string of the molecule is CN1CC[C@@](O)(C#Cc2cccc(-c3cc(-c4cccs4)c4ncnc(N)c4n3)c2)C1=O. The number of rotatable bonds is 2. The lowest BCUT2D eigenvalue weighted by atomic mass is 10.0. The average molecular weight is 442 g/mol. The zero-order valence-electron chi connectivity index (χ0n) is 17.2. The second kappa shape index (κ2) is 7.71. The number of hydrogen-bond donors (Lipinski definition) is 2. The lowest BCUT2D eigenvalue weighted by Gasteiger charge is -2.13. The maximum atomic E-state index is 12.2. The minimum Gasteiger partial charge on any atom is -0.382 e. The Morgan fingerprint density at radius 3 is 2.81 bits per heavy atom. The maximum absolute atomic E-state index is 12.2. The second-order valence-corrected chi connectivity index (χ2v) is 8.60. The first-order valence-electron chi connectivity index (χ1n) is 10.0. The molecular formula is C24H19N5O2S. The second-order valence-electron chi connectivity index (χ2n) is 7.66. The lowest BCUT2D eigenvalue weighted by molar-refractivity contribution is -0.137. The molecule has 0 bridgehead atoms. The van der Waals surface area contributed by atoms with Crippen molar-refractivity contribution in [1.82, 2.24) is 19.9 Å². The van der Waals surface area contributed by atoms with Gasteiger partial charge in [-0.15, -0.1) is 11.3 Å². The number of fused-ring (bicyclic) bond motifs is 1. The van der Waals surface area contributed by atoms with Gasteiger partial charge in [-0.3, -0.25) is 4.79 Å². The van der Waals surface area contributed by atoms with E-state index in [0.717, 1.165) is 16.0 Å². The maximum Gasteiger partial charge on any atom is 0.267 e. The van der Waals surface area contributed by atoms with Crippen molar-refractivity contribution in [3.05, 3.63) is 59.7 Å². The molecule has 1 amide bonds. The Bertz CT molecular complexity index is 1410. The summed E-state index contributed by atoms with van der Waals surface area (Å²) in [5.41, 5.74) is 8.87. The molecule has 5 rings (SSSR count). The van der Waals surface area contributed by atoms with Crippen LogP contribution in [0.25, 0.3) is 32.7 Å². The van der Waals surface area contributed by atoms with Gasteiger partial charge in [-0.1, -0.05) is 30.0 Å². The number of benzene rings is 1. The van der Waals surface area contributed by atoms with Crippen molar-refractivity contribution in [1.29, 1.82) is 0 Å². The van der Waals surface area contributed by atoms with E-state index < -0.39 is 5.60 Å². The number of likely N-dealkylation sites (N-methyl/N-ethyl adjacent to an activating group) is 1. The molecule has 1 aliphatic heterocycles. The average Bonchev–Trinajstić information content (AvgIpc) is 3.43. The number of nitrogens with zero attached hydrogens (tertiary/aromatic N) is 4. The summed E-state index contributed by atoms with van der Waals surface area (Å²) in [5.74, 6) is 5.67. The molecule has 0 unspecified atom stereocenters. The summed E-state index contributed by atoms with van der Waals surface area (Å²) in [6.45, 7) is 0.486. The number of thiophene rings is 1. The number of carbonyl (C=O) groups excluding carboxylic acids is 1. The normalized spacial score (nSPS) is 18.1. The predicted molar refractivity (Wildman–Crippen MR) is 125 cm³/mol. The zero-order chi connectivity index (χ0) is 22.3. The van der Waals surface area contributed by atoms with Gasteiger partial charge in [-0.25, -0.2) is 15.0 Å². The van der Waals surface area contributed by atoms with Crippen LogP contribution in [0.2, 0.25) is 0 Å². The molecule has 7 nitrogen and oxygen atoms in total. The van der Waals surface area contributed by atoms with Crippen LogP contribution in [-0.4, -0.2) is 50.1 Å². The Hall–Kier alpha value is -3.80. The number of nitrogen functional groups attached to an aromatic ring is 1. The molecule has 0 spiro atoms. The number of carbonyl (C=O) groups is 1. The number of aliphatic hydroxyl groups is 1. The molecule has 158 valence electrons. The smallest absolute Gasteiger partial charge is 0.267 e. The van der Waals surface area contributed by atoms with Crippen LogP contribution in [0.5, 0.6) is 0 Å². The molecule has 1 aliphatic rings. The molecule has 0 saturated carbocycles. The van der Waals surface area contributed by atoms with Crippen molar-refractivity contribution >= 4 is 34.1 Å². The Kier molecular flexibility index (Phi) is 4.85. The van der Waals surface area contributed by atoms with Gasteiger partial charge < -0.3 is 15.7 Å². The minimum absolute atomic E-state index is 0.296. The highest BCUT2D eigenvalue weighted by Gasteiger charge is 2.42. The van der Waals surface area contributed by atoms with Gasteiger partial charge >= 0.3 is 0 Å². The van der Waals surface area contributed by atoms with E-state index in [-0.39, 0.29) is 5.91 Å². The minimum atomic E-state index is -1.63. The van der Waals surface area contributed by atoms with Crippen LogP contribution < -0.4 is 5.73 Å². The van der Waals surface area contributed by atoms with Crippen molar-refractivity contribution in [2.24, 2.45) is 0 Å². The standard InChI is InChI=1S/C24H19N5O2S/c1-29-10-9-24(31,23(29)30)8-7-15-4-2-5-16(12-15)18-13-17(19-6-3-11-32-19)20-21(28-18)22(25)27-14-26-20/h2-6,11-14,31H,9-10H2,1H3,(H2,25,26,27)/t24-/m0/s1. The van der Waals surface area contributed by atoms with Gasteiger partial charge in [0.15, 0.2) is 5.82 Å². The molecule has 32 heavy (non-hydrogen) atoms. The Labute approximate surface area is 188 Å². The Balaban J connectivity index is 1.60. The largest absolute Gasteiger partial charge is 0.382 e. The molecule has 8 heteroatoms. The first-order chi connectivity index (χ1) is 15.4. The summed E-state index contributed by atoms with van der Waals surface area (Å²) in [4.78, 5) is 28.0. The van der Waals surface area contributed by atoms with Crippen molar-refractivity contribution in [2.75, 3.05) is 19.3 Å². The third-order valence-electron chi connectivity index (χ3n) is 5.49. The highest BCUT2D eigenvalue weighted by Crippen LogP contribution is 2.34. The van der Waals surface area contributed by atoms with E-state index in [1.807, 2.05) is 47.8 Å². The van der Waals surface area contributed by atoms with Crippen molar-refractivity contribution in [2.45, 2.75) is 12.0 Å². The van der Waals surface area contributed by atoms with E-state index in [4.69, 9.17) is 10.7 Å². The fourth-order valence-electron chi connectivity index (χ4n) is 3.73. The van der Waals surface area contributed by atoms with E-state index in [1.165, 1.54) is 11.2 Å². The summed E-state index contributed by atoms with van der Waals surface area (Å²) in [5, 5.41) is 12.6. The number of amides is 1. The highest BCUT2D eigenvalue weighted by molar-refractivity contribution is 7.13. The Morgan fingerprint density at radius 1 is 1.19 bits per heavy atom. The van der Waals surface area contributed by atoms with Gasteiger partial charge in [-0.05, 0) is 29.6 Å². The molecule has 1 aromatic carbocycles. The van der Waals surface area contributed by atoms with Crippen LogP contribution in [0, 0.1) is 11.8 Å². The number of pyridine rings is 1. The lowest BCUT2D eigenvalue weighted by Crippen LogP contribution is -2.37. The summed E-state index contributed by atoms with van der Waals surface area (Å²) in [6, 6.07) is 13.5. The van der Waals surface area contributed by atoms with Crippen LogP contribution in [0.4, 0.5) is 5.82 Å².